The Kier molecular flexibility index (Phi) is 47.7. The number of aliphatic hydroxyl groups is 1. The van der Waals surface area contributed by atoms with Gasteiger partial charge in [0.15, 0.2) is 0 Å². The molecule has 0 bridgehead atoms. The number of nitrogens with one attached hydrogen (secondary N) is 2. The Bertz CT molecular complexity index is 986. The fraction of sp³-hybridized carbons (Fsp3) is 0.811. The van der Waals surface area contributed by atoms with Crippen LogP contribution in [0.3, 0.4) is 0 Å². The molecule has 0 saturated heterocycles. The van der Waals surface area contributed by atoms with Crippen LogP contribution in [0.4, 0.5) is 0 Å². The lowest BCUT2D eigenvalue weighted by molar-refractivity contribution is -0.127. The average molecular weight is 845 g/mol. The first-order chi connectivity index (χ1) is 29.2. The highest BCUT2D eigenvalue weighted by Crippen LogP contribution is 2.16. The summed E-state index contributed by atoms with van der Waals surface area (Å²) in [6.45, 7) is 15.0. The summed E-state index contributed by atoms with van der Waals surface area (Å²) in [6.07, 6.45) is 52.0. The van der Waals surface area contributed by atoms with Crippen LogP contribution >= 0.6 is 0 Å². The summed E-state index contributed by atoms with van der Waals surface area (Å²) in [6, 6.07) is 0.201. The number of aliphatic hydroxyl groups excluding tert-OH is 1. The first kappa shape index (κ1) is 59.9. The molecule has 0 saturated carbocycles. The van der Waals surface area contributed by atoms with Crippen LogP contribution in [0.15, 0.2) is 48.6 Å². The van der Waals surface area contributed by atoms with Gasteiger partial charge in [0.25, 0.3) is 0 Å². The lowest BCUT2D eigenvalue weighted by Crippen LogP contribution is -2.36. The molecular formula is C53H100N2O5. The van der Waals surface area contributed by atoms with Gasteiger partial charge < -0.3 is 25.2 Å². The van der Waals surface area contributed by atoms with Crippen LogP contribution < -0.4 is 10.6 Å². The van der Waals surface area contributed by atoms with E-state index in [1.807, 2.05) is 13.8 Å². The fourth-order valence-electron chi connectivity index (χ4n) is 6.86. The second kappa shape index (κ2) is 47.8. The zero-order valence-electron chi connectivity index (χ0n) is 40.7. The number of unbranched alkanes of at least 4 members (excludes halogenated alkanes) is 18. The van der Waals surface area contributed by atoms with Gasteiger partial charge in [0.2, 0.25) is 11.8 Å². The van der Waals surface area contributed by atoms with Crippen LogP contribution in [0.5, 0.6) is 0 Å². The topological polar surface area (TPSA) is 96.9 Å². The number of carbonyl (C=O) groups excluding carboxylic acids is 2. The second-order valence-corrected chi connectivity index (χ2v) is 17.7. The van der Waals surface area contributed by atoms with Crippen LogP contribution in [-0.2, 0) is 19.1 Å². The van der Waals surface area contributed by atoms with Crippen LogP contribution in [-0.4, -0.2) is 62.0 Å². The first-order valence-electron chi connectivity index (χ1n) is 25.0. The standard InChI is InChI=1S/C52H96N2O4.CH4O/c1-7-9-11-13-15-17-19-21-23-25-27-29-31-33-35-37-39-49(40-38-36-34-32-30-28-26-24-22-20-18-16-14-12-10-8-2)54-51(56)42-41-50(55)53-44-46-57-47-52(5,6)58-45-43-48(3)4;1-2/h15-18,21-24,48-49H,7-14,19-20,25-47H2,1-6H3,(H,53,55)(H,54,56);2H,1H3/b17-15-,18-16-,23-21-,24-22-;. The molecule has 0 aromatic carbocycles. The Hall–Kier alpha value is -2.22. The Morgan fingerprint density at radius 1 is 0.550 bits per heavy atom. The zero-order chi connectivity index (χ0) is 44.6. The minimum absolute atomic E-state index is 0.00299. The molecule has 60 heavy (non-hydrogen) atoms. The van der Waals surface area contributed by atoms with Gasteiger partial charge >= 0.3 is 0 Å². The number of rotatable bonds is 43. The zero-order valence-corrected chi connectivity index (χ0v) is 40.7. The summed E-state index contributed by atoms with van der Waals surface area (Å²) in [5.74, 6) is 0.510. The summed E-state index contributed by atoms with van der Waals surface area (Å²) in [4.78, 5) is 25.5. The fourth-order valence-corrected chi connectivity index (χ4v) is 6.86. The lowest BCUT2D eigenvalue weighted by Gasteiger charge is -2.25. The van der Waals surface area contributed by atoms with Crippen molar-refractivity contribution in [2.45, 2.75) is 239 Å². The number of allylic oxidation sites excluding steroid dienone is 8. The summed E-state index contributed by atoms with van der Waals surface area (Å²) >= 11 is 0. The van der Waals surface area contributed by atoms with Crippen molar-refractivity contribution in [2.75, 3.05) is 33.5 Å². The van der Waals surface area contributed by atoms with E-state index in [-0.39, 0.29) is 36.3 Å². The predicted octanol–water partition coefficient (Wildman–Crippen LogP) is 14.2. The largest absolute Gasteiger partial charge is 0.400 e. The van der Waals surface area contributed by atoms with E-state index in [9.17, 15) is 9.59 Å². The van der Waals surface area contributed by atoms with Crippen molar-refractivity contribution in [2.24, 2.45) is 5.92 Å². The van der Waals surface area contributed by atoms with Crippen molar-refractivity contribution in [3.63, 3.8) is 0 Å². The van der Waals surface area contributed by atoms with E-state index in [4.69, 9.17) is 14.6 Å². The van der Waals surface area contributed by atoms with E-state index < -0.39 is 0 Å². The molecule has 7 nitrogen and oxygen atoms in total. The molecule has 0 aliphatic rings. The SMILES string of the molecule is CCCCC/C=C\C/C=C\CCCCCCCCC(CCCCCCCC/C=C\C/C=C\CCCCC)NC(=O)CCC(=O)NCCOCC(C)(C)OCCC(C)C.CO. The van der Waals surface area contributed by atoms with Crippen molar-refractivity contribution in [1.29, 1.82) is 0 Å². The van der Waals surface area contributed by atoms with Gasteiger partial charge in [-0.1, -0.05) is 166 Å². The molecule has 0 rings (SSSR count). The maximum atomic E-state index is 13.0. The molecule has 0 unspecified atom stereocenters. The van der Waals surface area contributed by atoms with Crippen molar-refractivity contribution in [3.05, 3.63) is 48.6 Å². The van der Waals surface area contributed by atoms with E-state index >= 15 is 0 Å². The molecule has 0 radical (unpaired) electrons. The van der Waals surface area contributed by atoms with E-state index in [0.717, 1.165) is 58.7 Å². The van der Waals surface area contributed by atoms with Crippen molar-refractivity contribution in [3.8, 4) is 0 Å². The van der Waals surface area contributed by atoms with Crippen LogP contribution in [0, 0.1) is 5.92 Å². The smallest absolute Gasteiger partial charge is 0.220 e. The van der Waals surface area contributed by atoms with Crippen molar-refractivity contribution < 1.29 is 24.2 Å². The molecule has 0 aromatic heterocycles. The molecule has 0 spiro atoms. The van der Waals surface area contributed by atoms with Crippen LogP contribution in [0.2, 0.25) is 0 Å². The quantitative estimate of drug-likeness (QED) is 0.0420. The van der Waals surface area contributed by atoms with Gasteiger partial charge in [-0.25, -0.2) is 0 Å². The maximum absolute atomic E-state index is 13.0. The van der Waals surface area contributed by atoms with E-state index in [2.05, 4.69) is 86.9 Å². The van der Waals surface area contributed by atoms with Crippen molar-refractivity contribution >= 4 is 11.8 Å². The van der Waals surface area contributed by atoms with E-state index in [0.29, 0.717) is 25.7 Å². The van der Waals surface area contributed by atoms with Gasteiger partial charge in [-0.15, -0.1) is 0 Å². The molecule has 0 atom stereocenters. The Morgan fingerprint density at radius 2 is 0.967 bits per heavy atom. The van der Waals surface area contributed by atoms with Gasteiger partial charge in [0, 0.05) is 39.1 Å². The van der Waals surface area contributed by atoms with Crippen LogP contribution in [0.1, 0.15) is 228 Å². The van der Waals surface area contributed by atoms with E-state index in [1.54, 1.807) is 0 Å². The summed E-state index contributed by atoms with van der Waals surface area (Å²) < 4.78 is 11.7. The number of carbonyl (C=O) groups is 2. The highest BCUT2D eigenvalue weighted by molar-refractivity contribution is 5.83. The third kappa shape index (κ3) is 48.4. The summed E-state index contributed by atoms with van der Waals surface area (Å²) in [5, 5.41) is 13.2. The second-order valence-electron chi connectivity index (χ2n) is 17.7. The highest BCUT2D eigenvalue weighted by atomic mass is 16.5. The molecule has 0 heterocycles. The monoisotopic (exact) mass is 845 g/mol. The first-order valence-corrected chi connectivity index (χ1v) is 25.0. The number of ether oxygens (including phenoxy) is 2. The Morgan fingerprint density at radius 3 is 1.42 bits per heavy atom. The number of hydrogen-bond donors (Lipinski definition) is 3. The Balaban J connectivity index is 0. The van der Waals surface area contributed by atoms with Crippen LogP contribution in [0.25, 0.3) is 0 Å². The Labute approximate surface area is 372 Å². The van der Waals surface area contributed by atoms with E-state index in [1.165, 1.54) is 128 Å². The lowest BCUT2D eigenvalue weighted by atomic mass is 9.99. The van der Waals surface area contributed by atoms with Gasteiger partial charge in [-0.2, -0.15) is 0 Å². The minimum Gasteiger partial charge on any atom is -0.400 e. The highest BCUT2D eigenvalue weighted by Gasteiger charge is 2.19. The molecular weight excluding hydrogens is 745 g/mol. The molecule has 352 valence electrons. The van der Waals surface area contributed by atoms with Crippen molar-refractivity contribution in [1.82, 2.24) is 10.6 Å². The summed E-state index contributed by atoms with van der Waals surface area (Å²) in [7, 11) is 1.00. The van der Waals surface area contributed by atoms with Gasteiger partial charge in [0.05, 0.1) is 18.8 Å². The maximum Gasteiger partial charge on any atom is 0.220 e. The van der Waals surface area contributed by atoms with Gasteiger partial charge in [0.1, 0.15) is 0 Å². The average Bonchev–Trinajstić information content (AvgIpc) is 3.22. The third-order valence-corrected chi connectivity index (χ3v) is 10.7. The third-order valence-electron chi connectivity index (χ3n) is 10.7. The minimum atomic E-state index is -0.349. The van der Waals surface area contributed by atoms with Gasteiger partial charge in [-0.3, -0.25) is 9.59 Å². The predicted molar refractivity (Wildman–Crippen MR) is 261 cm³/mol. The molecule has 3 N–H and O–H groups in total. The number of amides is 2. The van der Waals surface area contributed by atoms with Gasteiger partial charge in [-0.05, 0) is 103 Å². The summed E-state index contributed by atoms with van der Waals surface area (Å²) in [5.41, 5.74) is -0.349. The number of hydrogen-bond acceptors (Lipinski definition) is 5. The molecule has 0 aliphatic carbocycles. The molecule has 2 amide bonds. The molecule has 7 heteroatoms. The normalized spacial score (nSPS) is 12.2. The molecule has 0 fully saturated rings. The molecule has 0 aromatic rings. The molecule has 0 aliphatic heterocycles.